The fourth-order valence-corrected chi connectivity index (χ4v) is 0.467. The Hall–Kier alpha value is -2.05. The second kappa shape index (κ2) is 3.37. The standard InChI is InChI=1S/C5H5N5O2/c6-3(11)4(12)10-5-8-1-7-2-9-5/h1-2H,(H2,6,11)(H,7,8,9,10,12). The number of rotatable bonds is 1. The van der Waals surface area contributed by atoms with Gasteiger partial charge in [-0.25, -0.2) is 15.0 Å². The molecule has 0 radical (unpaired) electrons. The molecule has 0 aliphatic carbocycles. The molecule has 62 valence electrons. The number of nitrogens with one attached hydrogen (secondary N) is 1. The van der Waals surface area contributed by atoms with E-state index in [-0.39, 0.29) is 5.95 Å². The molecule has 0 aromatic carbocycles. The third-order valence-electron chi connectivity index (χ3n) is 0.942. The molecule has 12 heavy (non-hydrogen) atoms. The molecule has 7 nitrogen and oxygen atoms in total. The van der Waals surface area contributed by atoms with Gasteiger partial charge in [0, 0.05) is 0 Å². The Balaban J connectivity index is 2.65. The van der Waals surface area contributed by atoms with Crippen LogP contribution in [-0.2, 0) is 9.59 Å². The number of aromatic nitrogens is 3. The number of carbonyl (C=O) groups excluding carboxylic acids is 2. The summed E-state index contributed by atoms with van der Waals surface area (Å²) in [5.41, 5.74) is 4.66. The lowest BCUT2D eigenvalue weighted by molar-refractivity contribution is -0.134. The molecule has 0 unspecified atom stereocenters. The highest BCUT2D eigenvalue weighted by molar-refractivity contribution is 6.38. The van der Waals surface area contributed by atoms with Crippen molar-refractivity contribution in [3.8, 4) is 0 Å². The van der Waals surface area contributed by atoms with Gasteiger partial charge in [-0.2, -0.15) is 0 Å². The Morgan fingerprint density at radius 2 is 1.92 bits per heavy atom. The van der Waals surface area contributed by atoms with Gasteiger partial charge in [0.2, 0.25) is 5.95 Å². The SMILES string of the molecule is NC(=O)C(=O)Nc1ncncn1. The molecule has 0 saturated heterocycles. The minimum Gasteiger partial charge on any atom is -0.361 e. The van der Waals surface area contributed by atoms with Gasteiger partial charge in [0.05, 0.1) is 0 Å². The van der Waals surface area contributed by atoms with Gasteiger partial charge in [0.15, 0.2) is 0 Å². The van der Waals surface area contributed by atoms with Crippen LogP contribution < -0.4 is 11.1 Å². The van der Waals surface area contributed by atoms with Crippen molar-refractivity contribution in [1.29, 1.82) is 0 Å². The molecule has 0 fully saturated rings. The van der Waals surface area contributed by atoms with Gasteiger partial charge >= 0.3 is 11.8 Å². The number of anilines is 1. The van der Waals surface area contributed by atoms with Gasteiger partial charge in [0.25, 0.3) is 0 Å². The van der Waals surface area contributed by atoms with Crippen molar-refractivity contribution in [3.63, 3.8) is 0 Å². The zero-order valence-corrected chi connectivity index (χ0v) is 5.89. The molecule has 1 heterocycles. The van der Waals surface area contributed by atoms with E-state index in [4.69, 9.17) is 0 Å². The van der Waals surface area contributed by atoms with Crippen molar-refractivity contribution in [2.75, 3.05) is 5.32 Å². The van der Waals surface area contributed by atoms with E-state index in [1.165, 1.54) is 12.7 Å². The molecule has 3 N–H and O–H groups in total. The first-order chi connectivity index (χ1) is 5.70. The van der Waals surface area contributed by atoms with Gasteiger partial charge in [-0.05, 0) is 0 Å². The summed E-state index contributed by atoms with van der Waals surface area (Å²) in [5.74, 6) is -2.05. The van der Waals surface area contributed by atoms with Crippen LogP contribution in [0.1, 0.15) is 0 Å². The Bertz CT molecular complexity index is 298. The summed E-state index contributed by atoms with van der Waals surface area (Å²) in [6, 6.07) is 0. The van der Waals surface area contributed by atoms with Crippen LogP contribution >= 0.6 is 0 Å². The van der Waals surface area contributed by atoms with E-state index in [9.17, 15) is 9.59 Å². The summed E-state index contributed by atoms with van der Waals surface area (Å²) in [6.45, 7) is 0. The van der Waals surface area contributed by atoms with Crippen molar-refractivity contribution in [1.82, 2.24) is 15.0 Å². The van der Waals surface area contributed by atoms with E-state index in [0.29, 0.717) is 0 Å². The quantitative estimate of drug-likeness (QED) is 0.484. The number of amides is 2. The highest BCUT2D eigenvalue weighted by Gasteiger charge is 2.09. The second-order valence-corrected chi connectivity index (χ2v) is 1.78. The van der Waals surface area contributed by atoms with Crippen molar-refractivity contribution in [2.45, 2.75) is 0 Å². The maximum atomic E-state index is 10.6. The van der Waals surface area contributed by atoms with Gasteiger partial charge in [-0.15, -0.1) is 0 Å². The van der Waals surface area contributed by atoms with Crippen molar-refractivity contribution in [2.24, 2.45) is 5.73 Å². The molecule has 0 spiro atoms. The zero-order valence-electron chi connectivity index (χ0n) is 5.89. The lowest BCUT2D eigenvalue weighted by atomic mass is 10.6. The smallest absolute Gasteiger partial charge is 0.315 e. The van der Waals surface area contributed by atoms with Crippen LogP contribution in [0.4, 0.5) is 5.95 Å². The molecule has 0 aliphatic rings. The number of carbonyl (C=O) groups is 2. The number of nitrogens with two attached hydrogens (primary N) is 1. The average molecular weight is 167 g/mol. The Morgan fingerprint density at radius 1 is 1.33 bits per heavy atom. The molecule has 1 aromatic heterocycles. The van der Waals surface area contributed by atoms with E-state index in [1.54, 1.807) is 0 Å². The molecule has 1 aromatic rings. The number of primary amides is 1. The van der Waals surface area contributed by atoms with E-state index in [0.717, 1.165) is 0 Å². The molecular weight excluding hydrogens is 162 g/mol. The monoisotopic (exact) mass is 167 g/mol. The summed E-state index contributed by atoms with van der Waals surface area (Å²) in [4.78, 5) is 31.5. The topological polar surface area (TPSA) is 111 Å². The van der Waals surface area contributed by atoms with Gasteiger partial charge in [0.1, 0.15) is 12.7 Å². The van der Waals surface area contributed by atoms with Crippen LogP contribution in [0, 0.1) is 0 Å². The normalized spacial score (nSPS) is 9.00. The van der Waals surface area contributed by atoms with Crippen molar-refractivity contribution in [3.05, 3.63) is 12.7 Å². The molecule has 0 bridgehead atoms. The molecule has 7 heteroatoms. The highest BCUT2D eigenvalue weighted by atomic mass is 16.2. The van der Waals surface area contributed by atoms with E-state index in [1.807, 2.05) is 0 Å². The highest BCUT2D eigenvalue weighted by Crippen LogP contribution is 1.90. The summed E-state index contributed by atoms with van der Waals surface area (Å²) >= 11 is 0. The van der Waals surface area contributed by atoms with E-state index in [2.05, 4.69) is 26.0 Å². The predicted molar refractivity (Wildman–Crippen MR) is 37.7 cm³/mol. The molecule has 0 saturated carbocycles. The van der Waals surface area contributed by atoms with Crippen LogP contribution in [0.3, 0.4) is 0 Å². The lowest BCUT2D eigenvalue weighted by Crippen LogP contribution is -2.30. The minimum atomic E-state index is -1.09. The fourth-order valence-electron chi connectivity index (χ4n) is 0.467. The first kappa shape index (κ1) is 8.05. The maximum Gasteiger partial charge on any atom is 0.315 e. The average Bonchev–Trinajstić information content (AvgIpc) is 2.06. The van der Waals surface area contributed by atoms with Crippen molar-refractivity contribution < 1.29 is 9.59 Å². The molecule has 1 rings (SSSR count). The molecule has 2 amide bonds. The Labute approximate surface area is 67.0 Å². The first-order valence-electron chi connectivity index (χ1n) is 2.93. The van der Waals surface area contributed by atoms with Gasteiger partial charge < -0.3 is 5.73 Å². The maximum absolute atomic E-state index is 10.6. The van der Waals surface area contributed by atoms with E-state index < -0.39 is 11.8 Å². The Kier molecular flexibility index (Phi) is 2.26. The Morgan fingerprint density at radius 3 is 2.42 bits per heavy atom. The third-order valence-corrected chi connectivity index (χ3v) is 0.942. The number of hydrogen-bond donors (Lipinski definition) is 2. The summed E-state index contributed by atoms with van der Waals surface area (Å²) in [7, 11) is 0. The van der Waals surface area contributed by atoms with E-state index >= 15 is 0 Å². The predicted octanol–water partition coefficient (Wildman–Crippen LogP) is -1.70. The fraction of sp³-hybridized carbons (Fsp3) is 0. The summed E-state index contributed by atoms with van der Waals surface area (Å²) < 4.78 is 0. The number of hydrogen-bond acceptors (Lipinski definition) is 5. The first-order valence-corrected chi connectivity index (χ1v) is 2.93. The van der Waals surface area contributed by atoms with Crippen LogP contribution in [0.2, 0.25) is 0 Å². The summed E-state index contributed by atoms with van der Waals surface area (Å²) in [6.07, 6.45) is 2.37. The summed E-state index contributed by atoms with van der Waals surface area (Å²) in [5, 5.41) is 2.07. The zero-order chi connectivity index (χ0) is 8.97. The van der Waals surface area contributed by atoms with Crippen LogP contribution in [-0.4, -0.2) is 26.8 Å². The molecular formula is C5H5N5O2. The lowest BCUT2D eigenvalue weighted by Gasteiger charge is -1.96. The van der Waals surface area contributed by atoms with Gasteiger partial charge in [-0.3, -0.25) is 14.9 Å². The van der Waals surface area contributed by atoms with Crippen molar-refractivity contribution >= 4 is 17.8 Å². The van der Waals surface area contributed by atoms with Gasteiger partial charge in [-0.1, -0.05) is 0 Å². The second-order valence-electron chi connectivity index (χ2n) is 1.78. The molecule has 0 aliphatic heterocycles. The van der Waals surface area contributed by atoms with Crippen LogP contribution in [0.15, 0.2) is 12.7 Å². The van der Waals surface area contributed by atoms with Crippen LogP contribution in [0.5, 0.6) is 0 Å². The van der Waals surface area contributed by atoms with Crippen LogP contribution in [0.25, 0.3) is 0 Å². The number of nitrogens with zero attached hydrogens (tertiary/aromatic N) is 3. The third kappa shape index (κ3) is 1.97. The molecule has 0 atom stereocenters. The largest absolute Gasteiger partial charge is 0.361 e. The minimum absolute atomic E-state index is 0.00574.